The Morgan fingerprint density at radius 2 is 2.04 bits per heavy atom. The molecule has 1 aliphatic rings. The average Bonchev–Trinajstić information content (AvgIpc) is 2.58. The van der Waals surface area contributed by atoms with Gasteiger partial charge in [0.15, 0.2) is 0 Å². The maximum Gasteiger partial charge on any atom is 0.409 e. The summed E-state index contributed by atoms with van der Waals surface area (Å²) in [4.78, 5) is 29.2. The van der Waals surface area contributed by atoms with Crippen LogP contribution in [0.15, 0.2) is 18.3 Å². The maximum absolute atomic E-state index is 11.7. The molecule has 0 radical (unpaired) electrons. The Kier molecular flexibility index (Phi) is 6.84. The van der Waals surface area contributed by atoms with Gasteiger partial charge < -0.3 is 20.3 Å². The predicted molar refractivity (Wildman–Crippen MR) is 93.0 cm³/mol. The molecule has 2 rings (SSSR count). The van der Waals surface area contributed by atoms with Crippen LogP contribution in [0.5, 0.6) is 0 Å². The number of carbonyl (C=O) groups is 2. The Hall–Kier alpha value is -2.31. The molecular formula is C17H26N4O3. The molecule has 0 bridgehead atoms. The van der Waals surface area contributed by atoms with Gasteiger partial charge >= 0.3 is 6.09 Å². The Labute approximate surface area is 142 Å². The van der Waals surface area contributed by atoms with E-state index in [0.717, 1.165) is 24.9 Å². The van der Waals surface area contributed by atoms with E-state index in [0.29, 0.717) is 38.0 Å². The molecule has 1 aromatic heterocycles. The molecule has 2 amide bonds. The number of hydrogen-bond donors (Lipinski definition) is 2. The number of nitrogens with one attached hydrogen (secondary N) is 2. The van der Waals surface area contributed by atoms with Gasteiger partial charge in [0, 0.05) is 25.6 Å². The predicted octanol–water partition coefficient (Wildman–Crippen LogP) is 2.85. The number of carbonyl (C=O) groups excluding carboxylic acids is 2. The minimum absolute atomic E-state index is 0.0166. The van der Waals surface area contributed by atoms with Crippen molar-refractivity contribution in [1.29, 1.82) is 0 Å². The lowest BCUT2D eigenvalue weighted by molar-refractivity contribution is -0.116. The normalized spacial score (nSPS) is 15.0. The molecule has 1 fully saturated rings. The van der Waals surface area contributed by atoms with Crippen LogP contribution in [0.3, 0.4) is 0 Å². The highest BCUT2D eigenvalue weighted by Gasteiger charge is 2.23. The molecule has 7 nitrogen and oxygen atoms in total. The summed E-state index contributed by atoms with van der Waals surface area (Å²) < 4.78 is 5.02. The van der Waals surface area contributed by atoms with E-state index in [-0.39, 0.29) is 12.0 Å². The van der Waals surface area contributed by atoms with E-state index in [2.05, 4.69) is 15.6 Å². The molecule has 0 saturated carbocycles. The summed E-state index contributed by atoms with van der Waals surface area (Å²) in [6.45, 7) is 5.56. The van der Waals surface area contributed by atoms with Crippen molar-refractivity contribution in [2.45, 2.75) is 45.6 Å². The number of rotatable bonds is 6. The third-order valence-electron chi connectivity index (χ3n) is 3.90. The summed E-state index contributed by atoms with van der Waals surface area (Å²) in [5, 5.41) is 6.19. The number of pyridine rings is 1. The zero-order chi connectivity index (χ0) is 17.4. The van der Waals surface area contributed by atoms with E-state index in [1.807, 2.05) is 19.9 Å². The third kappa shape index (κ3) is 5.40. The Morgan fingerprint density at radius 1 is 1.29 bits per heavy atom. The molecule has 0 atom stereocenters. The smallest absolute Gasteiger partial charge is 0.409 e. The Morgan fingerprint density at radius 3 is 2.62 bits per heavy atom. The van der Waals surface area contributed by atoms with Crippen molar-refractivity contribution in [3.63, 3.8) is 0 Å². The van der Waals surface area contributed by atoms with Gasteiger partial charge in [0.25, 0.3) is 0 Å². The zero-order valence-corrected chi connectivity index (χ0v) is 14.4. The molecule has 0 unspecified atom stereocenters. The Balaban J connectivity index is 1.78. The first-order valence-electron chi connectivity index (χ1n) is 8.56. The highest BCUT2D eigenvalue weighted by molar-refractivity contribution is 5.89. The quantitative estimate of drug-likeness (QED) is 0.836. The number of anilines is 2. The van der Waals surface area contributed by atoms with Gasteiger partial charge in [-0.25, -0.2) is 9.78 Å². The first kappa shape index (κ1) is 18.0. The van der Waals surface area contributed by atoms with Crippen molar-refractivity contribution in [3.05, 3.63) is 18.3 Å². The fraction of sp³-hybridized carbons (Fsp3) is 0.588. The summed E-state index contributed by atoms with van der Waals surface area (Å²) in [5.74, 6) is 0.549. The molecule has 132 valence electrons. The van der Waals surface area contributed by atoms with Crippen molar-refractivity contribution in [2.75, 3.05) is 30.3 Å². The molecule has 1 aromatic rings. The van der Waals surface area contributed by atoms with Gasteiger partial charge in [-0.15, -0.1) is 0 Å². The molecule has 0 aromatic carbocycles. The van der Waals surface area contributed by atoms with Crippen LogP contribution in [-0.2, 0) is 9.53 Å². The van der Waals surface area contributed by atoms with Crippen LogP contribution >= 0.6 is 0 Å². The lowest BCUT2D eigenvalue weighted by Crippen LogP contribution is -2.42. The maximum atomic E-state index is 11.7. The number of aromatic nitrogens is 1. The largest absolute Gasteiger partial charge is 0.450 e. The number of nitrogens with zero attached hydrogens (tertiary/aromatic N) is 2. The van der Waals surface area contributed by atoms with E-state index >= 15 is 0 Å². The van der Waals surface area contributed by atoms with Crippen LogP contribution < -0.4 is 10.6 Å². The topological polar surface area (TPSA) is 83.6 Å². The standard InChI is InChI=1S/C17H26N4O3/c1-3-5-16(22)20-15-7-6-14(12-18-15)19-13-8-10-21(11-9-13)17(23)24-4-2/h6-7,12-13,19H,3-5,8-11H2,1-2H3,(H,18,20,22). The minimum atomic E-state index is -0.232. The lowest BCUT2D eigenvalue weighted by atomic mass is 10.1. The highest BCUT2D eigenvalue weighted by Crippen LogP contribution is 2.18. The zero-order valence-electron chi connectivity index (χ0n) is 14.4. The van der Waals surface area contributed by atoms with Crippen molar-refractivity contribution >= 4 is 23.5 Å². The Bertz CT molecular complexity index is 539. The number of hydrogen-bond acceptors (Lipinski definition) is 5. The average molecular weight is 334 g/mol. The van der Waals surface area contributed by atoms with Gasteiger partial charge in [0.1, 0.15) is 5.82 Å². The molecule has 24 heavy (non-hydrogen) atoms. The van der Waals surface area contributed by atoms with Crippen molar-refractivity contribution < 1.29 is 14.3 Å². The van der Waals surface area contributed by atoms with E-state index in [4.69, 9.17) is 4.74 Å². The summed E-state index contributed by atoms with van der Waals surface area (Å²) in [6, 6.07) is 4.01. The molecule has 0 aliphatic carbocycles. The number of ether oxygens (including phenoxy) is 1. The fourth-order valence-electron chi connectivity index (χ4n) is 2.64. The van der Waals surface area contributed by atoms with Crippen LogP contribution in [0.25, 0.3) is 0 Å². The summed E-state index contributed by atoms with van der Waals surface area (Å²) in [7, 11) is 0. The number of likely N-dealkylation sites (tertiary alicyclic amines) is 1. The van der Waals surface area contributed by atoms with Crippen LogP contribution in [0.2, 0.25) is 0 Å². The van der Waals surface area contributed by atoms with E-state index < -0.39 is 0 Å². The first-order valence-corrected chi connectivity index (χ1v) is 8.56. The molecule has 2 N–H and O–H groups in total. The fourth-order valence-corrected chi connectivity index (χ4v) is 2.64. The highest BCUT2D eigenvalue weighted by atomic mass is 16.6. The summed E-state index contributed by atoms with van der Waals surface area (Å²) >= 11 is 0. The van der Waals surface area contributed by atoms with Crippen molar-refractivity contribution in [3.8, 4) is 0 Å². The van der Waals surface area contributed by atoms with Crippen LogP contribution in [0.4, 0.5) is 16.3 Å². The number of piperidine rings is 1. The molecule has 2 heterocycles. The van der Waals surface area contributed by atoms with Crippen LogP contribution in [0.1, 0.15) is 39.5 Å². The SMILES string of the molecule is CCCC(=O)Nc1ccc(NC2CCN(C(=O)OCC)CC2)cn1. The van der Waals surface area contributed by atoms with Gasteiger partial charge in [-0.3, -0.25) is 4.79 Å². The number of amides is 2. The second kappa shape index (κ2) is 9.10. The van der Waals surface area contributed by atoms with E-state index in [1.165, 1.54) is 0 Å². The summed E-state index contributed by atoms with van der Waals surface area (Å²) in [5.41, 5.74) is 0.915. The summed E-state index contributed by atoms with van der Waals surface area (Å²) in [6.07, 6.45) is 4.54. The molecule has 7 heteroatoms. The van der Waals surface area contributed by atoms with Gasteiger partial charge in [-0.05, 0) is 38.3 Å². The van der Waals surface area contributed by atoms with Gasteiger partial charge in [-0.1, -0.05) is 6.92 Å². The lowest BCUT2D eigenvalue weighted by Gasteiger charge is -2.32. The second-order valence-corrected chi connectivity index (χ2v) is 5.83. The van der Waals surface area contributed by atoms with Gasteiger partial charge in [-0.2, -0.15) is 0 Å². The van der Waals surface area contributed by atoms with Crippen molar-refractivity contribution in [1.82, 2.24) is 9.88 Å². The molecule has 0 spiro atoms. The molecule has 1 aliphatic heterocycles. The molecule has 1 saturated heterocycles. The van der Waals surface area contributed by atoms with E-state index in [9.17, 15) is 9.59 Å². The molecular weight excluding hydrogens is 308 g/mol. The third-order valence-corrected chi connectivity index (χ3v) is 3.90. The van der Waals surface area contributed by atoms with Crippen LogP contribution in [-0.4, -0.2) is 47.6 Å². The first-order chi connectivity index (χ1) is 11.6. The van der Waals surface area contributed by atoms with Gasteiger partial charge in [0.2, 0.25) is 5.91 Å². The second-order valence-electron chi connectivity index (χ2n) is 5.83. The van der Waals surface area contributed by atoms with Crippen LogP contribution in [0, 0.1) is 0 Å². The monoisotopic (exact) mass is 334 g/mol. The van der Waals surface area contributed by atoms with Gasteiger partial charge in [0.05, 0.1) is 18.5 Å². The minimum Gasteiger partial charge on any atom is -0.450 e. The van der Waals surface area contributed by atoms with E-state index in [1.54, 1.807) is 17.2 Å². The van der Waals surface area contributed by atoms with Crippen molar-refractivity contribution in [2.24, 2.45) is 0 Å².